The summed E-state index contributed by atoms with van der Waals surface area (Å²) in [5.74, 6) is 0.575. The van der Waals surface area contributed by atoms with Crippen LogP contribution in [-0.2, 0) is 13.0 Å². The summed E-state index contributed by atoms with van der Waals surface area (Å²) in [5, 5.41) is 3.11. The zero-order chi connectivity index (χ0) is 25.1. The number of fused-ring (bicyclic) bond motifs is 1. The van der Waals surface area contributed by atoms with Crippen LogP contribution in [0, 0.1) is 12.8 Å². The average Bonchev–Trinajstić information content (AvgIpc) is 3.13. The molecule has 1 saturated heterocycles. The second-order valence-corrected chi connectivity index (χ2v) is 10.0. The van der Waals surface area contributed by atoms with E-state index in [1.165, 1.54) is 29.7 Å². The van der Waals surface area contributed by atoms with E-state index in [4.69, 9.17) is 0 Å². The lowest BCUT2D eigenvalue weighted by atomic mass is 9.88. The van der Waals surface area contributed by atoms with Gasteiger partial charge < -0.3 is 10.2 Å². The number of carbonyl (C=O) groups is 1. The van der Waals surface area contributed by atoms with Gasteiger partial charge in [-0.1, -0.05) is 55.0 Å². The third-order valence-electron chi connectivity index (χ3n) is 7.44. The molecule has 0 unspecified atom stereocenters. The van der Waals surface area contributed by atoms with Crippen LogP contribution in [-0.4, -0.2) is 28.4 Å². The summed E-state index contributed by atoms with van der Waals surface area (Å²) >= 11 is 0. The van der Waals surface area contributed by atoms with E-state index in [0.29, 0.717) is 18.2 Å². The molecule has 1 N–H and O–H groups in total. The Morgan fingerprint density at radius 2 is 1.81 bits per heavy atom. The maximum atomic E-state index is 13.1. The van der Waals surface area contributed by atoms with Crippen LogP contribution in [0.2, 0.25) is 0 Å². The lowest BCUT2D eigenvalue weighted by molar-refractivity contribution is 0.0944. The van der Waals surface area contributed by atoms with Crippen LogP contribution in [0.1, 0.15) is 60.4 Å². The predicted octanol–water partition coefficient (Wildman–Crippen LogP) is 6.18. The van der Waals surface area contributed by atoms with Crippen LogP contribution in [0.4, 0.5) is 5.69 Å². The summed E-state index contributed by atoms with van der Waals surface area (Å²) < 4.78 is 1.91. The van der Waals surface area contributed by atoms with Crippen molar-refractivity contribution >= 4 is 17.2 Å². The minimum Gasteiger partial charge on any atom is -0.371 e. The zero-order valence-electron chi connectivity index (χ0n) is 21.6. The first-order valence-corrected chi connectivity index (χ1v) is 13.2. The molecule has 1 aliphatic carbocycles. The molecule has 0 saturated carbocycles. The van der Waals surface area contributed by atoms with Gasteiger partial charge >= 0.3 is 0 Å². The fourth-order valence-corrected chi connectivity index (χ4v) is 5.30. The fraction of sp³-hybridized carbons (Fsp3) is 0.355. The Hall–Kier alpha value is -3.60. The van der Waals surface area contributed by atoms with Gasteiger partial charge in [0.1, 0.15) is 11.3 Å². The average molecular weight is 481 g/mol. The van der Waals surface area contributed by atoms with Crippen molar-refractivity contribution in [1.29, 1.82) is 0 Å². The third kappa shape index (κ3) is 5.15. The smallest absolute Gasteiger partial charge is 0.270 e. The number of piperidine rings is 1. The SMILES string of the molecule is CCc1nc2ccc(C)cn2c1C(=O)NCc1ccc(N2CCC(C3=CCC=C(C)C=C3)CC2)cc1. The number of hydrogen-bond donors (Lipinski definition) is 1. The van der Waals surface area contributed by atoms with Crippen molar-refractivity contribution in [2.75, 3.05) is 18.0 Å². The minimum atomic E-state index is -0.0802. The van der Waals surface area contributed by atoms with Gasteiger partial charge in [0.2, 0.25) is 0 Å². The van der Waals surface area contributed by atoms with Gasteiger partial charge in [0.25, 0.3) is 5.91 Å². The van der Waals surface area contributed by atoms with Crippen LogP contribution < -0.4 is 10.2 Å². The number of aryl methyl sites for hydroxylation is 2. The lowest BCUT2D eigenvalue weighted by Crippen LogP contribution is -2.34. The number of rotatable bonds is 6. The van der Waals surface area contributed by atoms with Crippen LogP contribution in [0.3, 0.4) is 0 Å². The van der Waals surface area contributed by atoms with Crippen LogP contribution in [0.15, 0.2) is 78.0 Å². The molecule has 186 valence electrons. The van der Waals surface area contributed by atoms with Crippen molar-refractivity contribution < 1.29 is 4.79 Å². The summed E-state index contributed by atoms with van der Waals surface area (Å²) in [6.45, 7) is 8.89. The fourth-order valence-electron chi connectivity index (χ4n) is 5.30. The van der Waals surface area contributed by atoms with Gasteiger partial charge in [0.05, 0.1) is 5.69 Å². The number of hydrogen-bond acceptors (Lipinski definition) is 3. The van der Waals surface area contributed by atoms with Crippen LogP contribution in [0.5, 0.6) is 0 Å². The molecule has 5 heteroatoms. The van der Waals surface area contributed by atoms with E-state index in [9.17, 15) is 4.79 Å². The number of benzene rings is 1. The van der Waals surface area contributed by atoms with Gasteiger partial charge in [-0.3, -0.25) is 9.20 Å². The molecule has 0 spiro atoms. The summed E-state index contributed by atoms with van der Waals surface area (Å²) in [6, 6.07) is 12.6. The number of carbonyl (C=O) groups excluding carboxylic acids is 1. The van der Waals surface area contributed by atoms with Crippen molar-refractivity contribution in [3.8, 4) is 0 Å². The van der Waals surface area contributed by atoms with Gasteiger partial charge in [0, 0.05) is 31.5 Å². The molecule has 5 rings (SSSR count). The Morgan fingerprint density at radius 1 is 1.03 bits per heavy atom. The molecule has 1 fully saturated rings. The highest BCUT2D eigenvalue weighted by Gasteiger charge is 2.22. The molecule has 3 heterocycles. The standard InChI is InChI=1S/C31H36N4O/c1-4-28-30(35-21-23(3)9-15-29(35)33-28)31(36)32-20-24-10-13-27(14-11-24)34-18-16-26(17-19-34)25-7-5-6-22(2)8-12-25/h6-15,21,26H,4-5,16-20H2,1-3H3,(H,32,36). The van der Waals surface area contributed by atoms with Gasteiger partial charge in [0.15, 0.2) is 0 Å². The van der Waals surface area contributed by atoms with Crippen LogP contribution in [0.25, 0.3) is 5.65 Å². The van der Waals surface area contributed by atoms with Gasteiger partial charge in [-0.2, -0.15) is 0 Å². The highest BCUT2D eigenvalue weighted by molar-refractivity contribution is 5.94. The normalized spacial score (nSPS) is 16.6. The Bertz CT molecular complexity index is 1330. The third-order valence-corrected chi connectivity index (χ3v) is 7.44. The molecule has 2 aromatic heterocycles. The first-order valence-electron chi connectivity index (χ1n) is 13.2. The quantitative estimate of drug-likeness (QED) is 0.458. The number of aromatic nitrogens is 2. The predicted molar refractivity (Wildman–Crippen MR) is 147 cm³/mol. The van der Waals surface area contributed by atoms with Crippen molar-refractivity contribution in [2.24, 2.45) is 5.92 Å². The van der Waals surface area contributed by atoms with E-state index in [0.717, 1.165) is 48.4 Å². The van der Waals surface area contributed by atoms with Crippen LogP contribution >= 0.6 is 0 Å². The van der Waals surface area contributed by atoms with Gasteiger partial charge in [-0.25, -0.2) is 4.98 Å². The number of nitrogens with zero attached hydrogens (tertiary/aromatic N) is 3. The second kappa shape index (κ2) is 10.6. The number of amides is 1. The molecule has 1 amide bonds. The topological polar surface area (TPSA) is 49.6 Å². The number of nitrogens with one attached hydrogen (secondary N) is 1. The molecule has 5 nitrogen and oxygen atoms in total. The number of allylic oxidation sites excluding steroid dienone is 6. The Morgan fingerprint density at radius 3 is 2.56 bits per heavy atom. The molecule has 1 aromatic carbocycles. The van der Waals surface area contributed by atoms with E-state index in [1.807, 2.05) is 36.6 Å². The Kier molecular flexibility index (Phi) is 7.08. The zero-order valence-corrected chi connectivity index (χ0v) is 21.6. The maximum Gasteiger partial charge on any atom is 0.270 e. The molecule has 3 aromatic rings. The lowest BCUT2D eigenvalue weighted by Gasteiger charge is -2.34. The van der Waals surface area contributed by atoms with Gasteiger partial charge in [-0.05, 0) is 80.3 Å². The summed E-state index contributed by atoms with van der Waals surface area (Å²) in [7, 11) is 0. The van der Waals surface area contributed by atoms with E-state index in [1.54, 1.807) is 0 Å². The number of imidazole rings is 1. The second-order valence-electron chi connectivity index (χ2n) is 10.0. The summed E-state index contributed by atoms with van der Waals surface area (Å²) in [6.07, 6.45) is 15.4. The number of pyridine rings is 1. The van der Waals surface area contributed by atoms with Crippen molar-refractivity contribution in [3.63, 3.8) is 0 Å². The van der Waals surface area contributed by atoms with Crippen molar-refractivity contribution in [1.82, 2.24) is 14.7 Å². The van der Waals surface area contributed by atoms with Crippen molar-refractivity contribution in [2.45, 2.75) is 53.0 Å². The molecule has 2 aliphatic rings. The Balaban J connectivity index is 1.18. The summed E-state index contributed by atoms with van der Waals surface area (Å²) in [4.78, 5) is 20.2. The molecule has 0 radical (unpaired) electrons. The van der Waals surface area contributed by atoms with E-state index in [-0.39, 0.29) is 5.91 Å². The largest absolute Gasteiger partial charge is 0.371 e. The highest BCUT2D eigenvalue weighted by atomic mass is 16.1. The van der Waals surface area contributed by atoms with Crippen molar-refractivity contribution in [3.05, 3.63) is 101 Å². The molecule has 0 atom stereocenters. The first-order chi connectivity index (χ1) is 17.5. The molecular formula is C31H36N4O. The van der Waals surface area contributed by atoms with E-state index in [2.05, 4.69) is 70.7 Å². The number of anilines is 1. The van der Waals surface area contributed by atoms with Gasteiger partial charge in [-0.15, -0.1) is 0 Å². The summed E-state index contributed by atoms with van der Waals surface area (Å²) in [5.41, 5.74) is 8.60. The van der Waals surface area contributed by atoms with E-state index >= 15 is 0 Å². The molecular weight excluding hydrogens is 444 g/mol. The monoisotopic (exact) mass is 480 g/mol. The Labute approximate surface area is 214 Å². The van der Waals surface area contributed by atoms with E-state index < -0.39 is 0 Å². The highest BCUT2D eigenvalue weighted by Crippen LogP contribution is 2.30. The molecule has 36 heavy (non-hydrogen) atoms. The minimum absolute atomic E-state index is 0.0802. The maximum absolute atomic E-state index is 13.1. The first kappa shape index (κ1) is 24.1. The molecule has 1 aliphatic heterocycles. The molecule has 0 bridgehead atoms.